The molecule has 122 valence electrons. The molecule has 1 N–H and O–H groups in total. The summed E-state index contributed by atoms with van der Waals surface area (Å²) in [5.74, 6) is 1.12. The second-order valence-corrected chi connectivity index (χ2v) is 7.86. The minimum absolute atomic E-state index is 0.263. The van der Waals surface area contributed by atoms with E-state index in [2.05, 4.69) is 20.7 Å². The predicted octanol–water partition coefficient (Wildman–Crippen LogP) is 3.64. The number of hydrogen-bond donors (Lipinski definition) is 1. The van der Waals surface area contributed by atoms with Crippen molar-refractivity contribution in [2.75, 3.05) is 17.9 Å². The molecule has 0 amide bonds. The maximum Gasteiger partial charge on any atom is 0.262 e. The van der Waals surface area contributed by atoms with E-state index in [9.17, 15) is 8.42 Å². The fraction of sp³-hybridized carbons (Fsp3) is 0.250. The van der Waals surface area contributed by atoms with Gasteiger partial charge in [0.1, 0.15) is 13.2 Å². The van der Waals surface area contributed by atoms with Gasteiger partial charge >= 0.3 is 0 Å². The first-order valence-electron chi connectivity index (χ1n) is 7.06. The highest BCUT2D eigenvalue weighted by atomic mass is 79.9. The molecule has 3 rings (SSSR count). The number of nitrogens with one attached hydrogen (secondary N) is 1. The van der Waals surface area contributed by atoms with Crippen LogP contribution in [0.3, 0.4) is 0 Å². The molecule has 0 bridgehead atoms. The standard InChI is InChI=1S/C16H16BrNO4S/c1-10-3-4-11(2)16(7-10)23(19,20)18-13-9-15-14(8-12(13)17)21-5-6-22-15/h3-4,7-9,18H,5-6H2,1-2H3. The molecule has 7 heteroatoms. The number of halogens is 1. The van der Waals surface area contributed by atoms with Gasteiger partial charge in [0.25, 0.3) is 10.0 Å². The second kappa shape index (κ2) is 6.05. The molecule has 0 radical (unpaired) electrons. The maximum absolute atomic E-state index is 12.7. The van der Waals surface area contributed by atoms with Crippen LogP contribution in [0.1, 0.15) is 11.1 Å². The smallest absolute Gasteiger partial charge is 0.262 e. The molecular formula is C16H16BrNO4S. The van der Waals surface area contributed by atoms with Gasteiger partial charge in [0, 0.05) is 16.6 Å². The highest BCUT2D eigenvalue weighted by Gasteiger charge is 2.21. The number of benzene rings is 2. The quantitative estimate of drug-likeness (QED) is 0.858. The first kappa shape index (κ1) is 16.1. The SMILES string of the molecule is Cc1ccc(C)c(S(=O)(=O)Nc2cc3c(cc2Br)OCCO3)c1. The van der Waals surface area contributed by atoms with Crippen molar-refractivity contribution in [2.24, 2.45) is 0 Å². The second-order valence-electron chi connectivity index (χ2n) is 5.35. The largest absolute Gasteiger partial charge is 0.486 e. The minimum atomic E-state index is -3.69. The van der Waals surface area contributed by atoms with Crippen LogP contribution in [-0.2, 0) is 10.0 Å². The molecule has 0 aliphatic carbocycles. The lowest BCUT2D eigenvalue weighted by Crippen LogP contribution is -2.17. The lowest BCUT2D eigenvalue weighted by atomic mass is 10.2. The van der Waals surface area contributed by atoms with Crippen molar-refractivity contribution in [3.63, 3.8) is 0 Å². The van der Waals surface area contributed by atoms with Crippen LogP contribution in [0, 0.1) is 13.8 Å². The number of aryl methyl sites for hydroxylation is 2. The summed E-state index contributed by atoms with van der Waals surface area (Å²) in [6.07, 6.45) is 0. The van der Waals surface area contributed by atoms with Gasteiger partial charge in [-0.2, -0.15) is 0 Å². The normalized spacial score (nSPS) is 13.7. The molecule has 2 aromatic rings. The summed E-state index contributed by atoms with van der Waals surface area (Å²) in [6, 6.07) is 8.66. The Bertz CT molecular complexity index is 865. The average Bonchev–Trinajstić information content (AvgIpc) is 2.50. The zero-order valence-electron chi connectivity index (χ0n) is 12.7. The molecule has 1 aliphatic heterocycles. The van der Waals surface area contributed by atoms with E-state index < -0.39 is 10.0 Å². The molecule has 5 nitrogen and oxygen atoms in total. The molecule has 2 aromatic carbocycles. The molecule has 0 saturated carbocycles. The Balaban J connectivity index is 1.99. The lowest BCUT2D eigenvalue weighted by molar-refractivity contribution is 0.171. The van der Waals surface area contributed by atoms with E-state index in [4.69, 9.17) is 9.47 Å². The van der Waals surface area contributed by atoms with Gasteiger partial charge in [-0.25, -0.2) is 8.42 Å². The molecule has 0 spiro atoms. The first-order valence-corrected chi connectivity index (χ1v) is 9.34. The van der Waals surface area contributed by atoms with E-state index in [-0.39, 0.29) is 4.90 Å². The van der Waals surface area contributed by atoms with E-state index >= 15 is 0 Å². The molecule has 0 saturated heterocycles. The Morgan fingerprint density at radius 1 is 1.04 bits per heavy atom. The van der Waals surface area contributed by atoms with Crippen molar-refractivity contribution >= 4 is 31.6 Å². The summed E-state index contributed by atoms with van der Waals surface area (Å²) >= 11 is 3.37. The number of ether oxygens (including phenoxy) is 2. The summed E-state index contributed by atoms with van der Waals surface area (Å²) in [5, 5.41) is 0. The Kier molecular flexibility index (Phi) is 4.25. The summed E-state index contributed by atoms with van der Waals surface area (Å²) in [4.78, 5) is 0.263. The molecule has 0 unspecified atom stereocenters. The minimum Gasteiger partial charge on any atom is -0.486 e. The van der Waals surface area contributed by atoms with Gasteiger partial charge < -0.3 is 9.47 Å². The van der Waals surface area contributed by atoms with Gasteiger partial charge in [-0.15, -0.1) is 0 Å². The van der Waals surface area contributed by atoms with E-state index in [1.165, 1.54) is 0 Å². The summed E-state index contributed by atoms with van der Waals surface area (Å²) < 4.78 is 39.6. The lowest BCUT2D eigenvalue weighted by Gasteiger charge is -2.20. The molecule has 0 aromatic heterocycles. The fourth-order valence-electron chi connectivity index (χ4n) is 2.34. The number of anilines is 1. The maximum atomic E-state index is 12.7. The van der Waals surface area contributed by atoms with Crippen LogP contribution in [0.5, 0.6) is 11.5 Å². The average molecular weight is 398 g/mol. The van der Waals surface area contributed by atoms with Crippen LogP contribution < -0.4 is 14.2 Å². The molecule has 0 fully saturated rings. The Morgan fingerprint density at radius 2 is 1.70 bits per heavy atom. The fourth-order valence-corrected chi connectivity index (χ4v) is 4.29. The molecular weight excluding hydrogens is 382 g/mol. The van der Waals surface area contributed by atoms with Crippen LogP contribution in [0.25, 0.3) is 0 Å². The number of rotatable bonds is 3. The zero-order chi connectivity index (χ0) is 16.6. The monoisotopic (exact) mass is 397 g/mol. The van der Waals surface area contributed by atoms with Crippen molar-refractivity contribution in [1.29, 1.82) is 0 Å². The zero-order valence-corrected chi connectivity index (χ0v) is 15.1. The van der Waals surface area contributed by atoms with Crippen molar-refractivity contribution in [2.45, 2.75) is 18.7 Å². The van der Waals surface area contributed by atoms with Gasteiger partial charge in [0.05, 0.1) is 10.6 Å². The first-order chi connectivity index (χ1) is 10.9. The number of fused-ring (bicyclic) bond motifs is 1. The van der Waals surface area contributed by atoms with Crippen LogP contribution >= 0.6 is 15.9 Å². The van der Waals surface area contributed by atoms with Gasteiger partial charge in [0.15, 0.2) is 11.5 Å². The Morgan fingerprint density at radius 3 is 2.39 bits per heavy atom. The van der Waals surface area contributed by atoms with Gasteiger partial charge in [-0.1, -0.05) is 12.1 Å². The summed E-state index contributed by atoms with van der Waals surface area (Å²) in [5.41, 5.74) is 1.99. The molecule has 23 heavy (non-hydrogen) atoms. The van der Waals surface area contributed by atoms with E-state index in [1.54, 1.807) is 31.2 Å². The third kappa shape index (κ3) is 3.30. The van der Waals surface area contributed by atoms with Gasteiger partial charge in [-0.05, 0) is 47.0 Å². The molecule has 0 atom stereocenters. The van der Waals surface area contributed by atoms with Gasteiger partial charge in [0.2, 0.25) is 0 Å². The van der Waals surface area contributed by atoms with Crippen LogP contribution in [0.15, 0.2) is 39.7 Å². The third-order valence-electron chi connectivity index (χ3n) is 3.51. The van der Waals surface area contributed by atoms with Crippen molar-refractivity contribution in [3.05, 3.63) is 45.9 Å². The number of hydrogen-bond acceptors (Lipinski definition) is 4. The van der Waals surface area contributed by atoms with E-state index in [0.717, 1.165) is 5.56 Å². The van der Waals surface area contributed by atoms with Crippen molar-refractivity contribution < 1.29 is 17.9 Å². The molecule has 1 heterocycles. The predicted molar refractivity (Wildman–Crippen MR) is 91.9 cm³/mol. The summed E-state index contributed by atoms with van der Waals surface area (Å²) in [7, 11) is -3.69. The van der Waals surface area contributed by atoms with Crippen LogP contribution in [0.2, 0.25) is 0 Å². The Labute approximate surface area is 143 Å². The Hall–Kier alpha value is -1.73. The van der Waals surface area contributed by atoms with E-state index in [0.29, 0.717) is 40.4 Å². The highest BCUT2D eigenvalue weighted by Crippen LogP contribution is 2.39. The number of sulfonamides is 1. The molecule has 1 aliphatic rings. The van der Waals surface area contributed by atoms with Crippen molar-refractivity contribution in [1.82, 2.24) is 0 Å². The van der Waals surface area contributed by atoms with E-state index in [1.807, 2.05) is 13.0 Å². The van der Waals surface area contributed by atoms with Gasteiger partial charge in [-0.3, -0.25) is 4.72 Å². The van der Waals surface area contributed by atoms with Crippen LogP contribution in [-0.4, -0.2) is 21.6 Å². The topological polar surface area (TPSA) is 64.6 Å². The third-order valence-corrected chi connectivity index (χ3v) is 5.67. The summed E-state index contributed by atoms with van der Waals surface area (Å²) in [6.45, 7) is 4.55. The van der Waals surface area contributed by atoms with Crippen LogP contribution in [0.4, 0.5) is 5.69 Å². The van der Waals surface area contributed by atoms with Crippen molar-refractivity contribution in [3.8, 4) is 11.5 Å². The highest BCUT2D eigenvalue weighted by molar-refractivity contribution is 9.10.